The summed E-state index contributed by atoms with van der Waals surface area (Å²) in [5.74, 6) is 5.53. The molecule has 0 aliphatic rings. The Bertz CT molecular complexity index is 806. The van der Waals surface area contributed by atoms with Gasteiger partial charge >= 0.3 is 0 Å². The minimum absolute atomic E-state index is 0.0912. The van der Waals surface area contributed by atoms with Crippen molar-refractivity contribution in [3.8, 4) is 0 Å². The van der Waals surface area contributed by atoms with E-state index in [1.165, 1.54) is 14.2 Å². The molecule has 0 aliphatic heterocycles. The van der Waals surface area contributed by atoms with Gasteiger partial charge < -0.3 is 19.8 Å². The minimum Gasteiger partial charge on any atom is -0.410 e. The van der Waals surface area contributed by atoms with Gasteiger partial charge in [-0.2, -0.15) is 5.90 Å². The highest BCUT2D eigenvalue weighted by atomic mass is 16.6. The van der Waals surface area contributed by atoms with Gasteiger partial charge in [0.2, 0.25) is 0 Å². The van der Waals surface area contributed by atoms with Crippen LogP contribution in [0.5, 0.6) is 0 Å². The first-order valence-electron chi connectivity index (χ1n) is 8.77. The second-order valence-corrected chi connectivity index (χ2v) is 5.94. The number of benzene rings is 1. The molecule has 0 fully saturated rings. The third-order valence-electron chi connectivity index (χ3n) is 3.61. The molecule has 0 aliphatic carbocycles. The summed E-state index contributed by atoms with van der Waals surface area (Å²) in [6.07, 6.45) is 1.86. The number of carbonyl (C=O) groups excluding carboxylic acids is 1. The first kappa shape index (κ1) is 22.9. The van der Waals surface area contributed by atoms with E-state index >= 15 is 0 Å². The molecule has 3 N–H and O–H groups in total. The maximum absolute atomic E-state index is 12.3. The fourth-order valence-corrected chi connectivity index (χ4v) is 2.39. The first-order valence-corrected chi connectivity index (χ1v) is 8.77. The van der Waals surface area contributed by atoms with Crippen LogP contribution in [0, 0.1) is 0 Å². The molecule has 1 amide bonds. The molecule has 1 aromatic carbocycles. The standard InChI is InChI=1S/C20H28N4O4/c1-7-27-23-17(12-13(2)3)14(4)19(28-21)16-11-9-8-10-15(16)18(24-26-6)20(25)22-5/h8-12H,7,21H2,1-6H3,(H,22,25). The third kappa shape index (κ3) is 5.95. The molecule has 1 rings (SSSR count). The molecule has 0 aromatic heterocycles. The lowest BCUT2D eigenvalue weighted by molar-refractivity contribution is -0.114. The molecule has 0 radical (unpaired) electrons. The highest BCUT2D eigenvalue weighted by Crippen LogP contribution is 2.25. The lowest BCUT2D eigenvalue weighted by Gasteiger charge is -2.15. The third-order valence-corrected chi connectivity index (χ3v) is 3.61. The predicted octanol–water partition coefficient (Wildman–Crippen LogP) is 2.76. The Morgan fingerprint density at radius 2 is 1.82 bits per heavy atom. The van der Waals surface area contributed by atoms with E-state index in [1.54, 1.807) is 24.3 Å². The van der Waals surface area contributed by atoms with Crippen LogP contribution in [0.1, 0.15) is 38.8 Å². The van der Waals surface area contributed by atoms with E-state index in [-0.39, 0.29) is 5.71 Å². The summed E-state index contributed by atoms with van der Waals surface area (Å²) in [5.41, 5.74) is 3.37. The van der Waals surface area contributed by atoms with Crippen LogP contribution in [0.4, 0.5) is 0 Å². The molecular weight excluding hydrogens is 360 g/mol. The van der Waals surface area contributed by atoms with E-state index in [4.69, 9.17) is 20.4 Å². The molecule has 1 aromatic rings. The number of nitrogens with zero attached hydrogens (tertiary/aromatic N) is 2. The number of allylic oxidation sites excluding steroid dienone is 3. The number of hydrogen-bond donors (Lipinski definition) is 2. The lowest BCUT2D eigenvalue weighted by atomic mass is 9.97. The van der Waals surface area contributed by atoms with Gasteiger partial charge in [-0.15, -0.1) is 0 Å². The smallest absolute Gasteiger partial charge is 0.273 e. The van der Waals surface area contributed by atoms with Crippen LogP contribution in [0.2, 0.25) is 0 Å². The quantitative estimate of drug-likeness (QED) is 0.384. The maximum atomic E-state index is 12.3. The van der Waals surface area contributed by atoms with Gasteiger partial charge in [0.15, 0.2) is 11.5 Å². The Kier molecular flexibility index (Phi) is 9.45. The second-order valence-electron chi connectivity index (χ2n) is 5.94. The van der Waals surface area contributed by atoms with Crippen LogP contribution in [-0.2, 0) is 19.3 Å². The van der Waals surface area contributed by atoms with Gasteiger partial charge in [-0.25, -0.2) is 0 Å². The number of amides is 1. The average molecular weight is 388 g/mol. The summed E-state index contributed by atoms with van der Waals surface area (Å²) in [6.45, 7) is 7.96. The Morgan fingerprint density at radius 1 is 1.18 bits per heavy atom. The van der Waals surface area contributed by atoms with Crippen molar-refractivity contribution in [2.24, 2.45) is 16.2 Å². The molecule has 152 valence electrons. The average Bonchev–Trinajstić information content (AvgIpc) is 2.69. The summed E-state index contributed by atoms with van der Waals surface area (Å²) < 4.78 is 0. The van der Waals surface area contributed by atoms with Crippen molar-refractivity contribution >= 4 is 23.1 Å². The largest absolute Gasteiger partial charge is 0.410 e. The fraction of sp³-hybridized carbons (Fsp3) is 0.350. The zero-order chi connectivity index (χ0) is 21.1. The van der Waals surface area contributed by atoms with Gasteiger partial charge in [-0.1, -0.05) is 40.1 Å². The van der Waals surface area contributed by atoms with E-state index in [1.807, 2.05) is 33.8 Å². The van der Waals surface area contributed by atoms with E-state index in [9.17, 15) is 4.79 Å². The van der Waals surface area contributed by atoms with Crippen molar-refractivity contribution in [1.82, 2.24) is 5.32 Å². The molecule has 0 saturated heterocycles. The highest BCUT2D eigenvalue weighted by molar-refractivity contribution is 6.45. The van der Waals surface area contributed by atoms with Crippen molar-refractivity contribution < 1.29 is 19.3 Å². The van der Waals surface area contributed by atoms with Crippen molar-refractivity contribution in [2.45, 2.75) is 27.7 Å². The normalized spacial score (nSPS) is 12.7. The molecule has 0 atom stereocenters. The molecular formula is C20H28N4O4. The van der Waals surface area contributed by atoms with Crippen molar-refractivity contribution in [2.75, 3.05) is 20.8 Å². The van der Waals surface area contributed by atoms with E-state index in [0.717, 1.165) is 5.57 Å². The molecule has 0 saturated carbocycles. The first-order chi connectivity index (χ1) is 13.4. The van der Waals surface area contributed by atoms with E-state index < -0.39 is 5.91 Å². The number of rotatable bonds is 9. The Hall–Kier alpha value is -3.13. The van der Waals surface area contributed by atoms with Crippen LogP contribution in [0.3, 0.4) is 0 Å². The molecule has 8 nitrogen and oxygen atoms in total. The number of oxime groups is 2. The summed E-state index contributed by atoms with van der Waals surface area (Å²) in [7, 11) is 2.88. The summed E-state index contributed by atoms with van der Waals surface area (Å²) in [4.78, 5) is 27.6. The zero-order valence-electron chi connectivity index (χ0n) is 17.2. The van der Waals surface area contributed by atoms with Crippen LogP contribution in [-0.4, -0.2) is 38.1 Å². The SMILES string of the molecule is CCON=C(C=C(C)C)C(C)=C(ON)c1ccccc1C(=NOC)C(=O)NC. The predicted molar refractivity (Wildman–Crippen MR) is 110 cm³/mol. The number of nitrogens with one attached hydrogen (secondary N) is 1. The Labute approximate surface area is 165 Å². The van der Waals surface area contributed by atoms with Crippen molar-refractivity contribution in [3.63, 3.8) is 0 Å². The number of nitrogens with two attached hydrogens (primary N) is 1. The van der Waals surface area contributed by atoms with Gasteiger partial charge in [-0.05, 0) is 33.8 Å². The molecule has 8 heteroatoms. The van der Waals surface area contributed by atoms with Gasteiger partial charge in [0.1, 0.15) is 19.4 Å². The highest BCUT2D eigenvalue weighted by Gasteiger charge is 2.22. The number of carbonyl (C=O) groups is 1. The van der Waals surface area contributed by atoms with Gasteiger partial charge in [0, 0.05) is 23.7 Å². The summed E-state index contributed by atoms with van der Waals surface area (Å²) in [5, 5.41) is 10.6. The van der Waals surface area contributed by atoms with Gasteiger partial charge in [-0.3, -0.25) is 4.79 Å². The van der Waals surface area contributed by atoms with Crippen LogP contribution in [0.15, 0.2) is 51.8 Å². The molecule has 0 spiro atoms. The van der Waals surface area contributed by atoms with Crippen LogP contribution >= 0.6 is 0 Å². The van der Waals surface area contributed by atoms with E-state index in [0.29, 0.717) is 34.8 Å². The Balaban J connectivity index is 3.71. The van der Waals surface area contributed by atoms with Crippen molar-refractivity contribution in [1.29, 1.82) is 0 Å². The Morgan fingerprint density at radius 3 is 2.32 bits per heavy atom. The molecule has 28 heavy (non-hydrogen) atoms. The van der Waals surface area contributed by atoms with Gasteiger partial charge in [0.25, 0.3) is 5.91 Å². The van der Waals surface area contributed by atoms with Gasteiger partial charge in [0.05, 0.1) is 0 Å². The number of hydrogen-bond acceptors (Lipinski definition) is 7. The zero-order valence-corrected chi connectivity index (χ0v) is 17.2. The molecule has 0 bridgehead atoms. The van der Waals surface area contributed by atoms with Crippen molar-refractivity contribution in [3.05, 3.63) is 52.6 Å². The lowest BCUT2D eigenvalue weighted by Crippen LogP contribution is -2.29. The number of likely N-dealkylation sites (N-methyl/N-ethyl adjacent to an activating group) is 1. The monoisotopic (exact) mass is 388 g/mol. The summed E-state index contributed by atoms with van der Waals surface area (Å²) in [6, 6.07) is 7.09. The minimum atomic E-state index is -0.407. The van der Waals surface area contributed by atoms with Crippen LogP contribution in [0.25, 0.3) is 5.76 Å². The maximum Gasteiger partial charge on any atom is 0.273 e. The molecule has 0 heterocycles. The second kappa shape index (κ2) is 11.6. The van der Waals surface area contributed by atoms with Crippen LogP contribution < -0.4 is 11.2 Å². The fourth-order valence-electron chi connectivity index (χ4n) is 2.39. The topological polar surface area (TPSA) is 108 Å². The summed E-state index contributed by atoms with van der Waals surface area (Å²) >= 11 is 0. The van der Waals surface area contributed by atoms with E-state index in [2.05, 4.69) is 15.6 Å². The molecule has 0 unspecified atom stereocenters.